The van der Waals surface area contributed by atoms with Crippen molar-refractivity contribution in [2.45, 2.75) is 65.5 Å². The summed E-state index contributed by atoms with van der Waals surface area (Å²) in [5.41, 5.74) is 5.68. The molecule has 0 fully saturated rings. The summed E-state index contributed by atoms with van der Waals surface area (Å²) in [7, 11) is 0. The molecule has 0 bridgehead atoms. The fourth-order valence-electron chi connectivity index (χ4n) is 0.893. The molecular formula is C13H27NO. The Bertz CT molecular complexity index is 164. The second-order valence-electron chi connectivity index (χ2n) is 4.16. The van der Waals surface area contributed by atoms with Crippen LogP contribution in [0, 0.1) is 12.3 Å². The second-order valence-corrected chi connectivity index (χ2v) is 4.16. The highest BCUT2D eigenvalue weighted by Gasteiger charge is 2.10. The smallest absolute Gasteiger partial charge is 0.0556 e. The highest BCUT2D eigenvalue weighted by Crippen LogP contribution is 2.06. The summed E-state index contributed by atoms with van der Waals surface area (Å²) in [4.78, 5) is 0. The van der Waals surface area contributed by atoms with Crippen molar-refractivity contribution >= 4 is 0 Å². The van der Waals surface area contributed by atoms with Crippen molar-refractivity contribution in [3.63, 3.8) is 0 Å². The van der Waals surface area contributed by atoms with Crippen LogP contribution in [0.5, 0.6) is 0 Å². The number of rotatable bonds is 6. The molecule has 0 rings (SSSR count). The van der Waals surface area contributed by atoms with Gasteiger partial charge >= 0.3 is 0 Å². The number of hydrogen-bond donors (Lipinski definition) is 1. The van der Waals surface area contributed by atoms with Crippen molar-refractivity contribution in [3.8, 4) is 12.3 Å². The van der Waals surface area contributed by atoms with Gasteiger partial charge in [0.15, 0.2) is 0 Å². The lowest BCUT2D eigenvalue weighted by atomic mass is 10.0. The molecule has 0 aliphatic carbocycles. The largest absolute Gasteiger partial charge is 0.378 e. The fourth-order valence-corrected chi connectivity index (χ4v) is 0.893. The van der Waals surface area contributed by atoms with E-state index in [4.69, 9.17) is 16.9 Å². The van der Waals surface area contributed by atoms with Gasteiger partial charge in [0.05, 0.1) is 6.10 Å². The van der Waals surface area contributed by atoms with Gasteiger partial charge in [-0.2, -0.15) is 0 Å². The van der Waals surface area contributed by atoms with E-state index in [9.17, 15) is 0 Å². The Labute approximate surface area is 95.6 Å². The second kappa shape index (κ2) is 10.0. The Morgan fingerprint density at radius 2 is 1.93 bits per heavy atom. The molecule has 0 saturated heterocycles. The topological polar surface area (TPSA) is 35.2 Å². The molecule has 0 aromatic carbocycles. The number of hydrogen-bond acceptors (Lipinski definition) is 2. The van der Waals surface area contributed by atoms with Crippen molar-refractivity contribution in [1.82, 2.24) is 0 Å². The molecule has 0 heterocycles. The molecule has 0 amide bonds. The van der Waals surface area contributed by atoms with Crippen LogP contribution in [0.1, 0.15) is 53.9 Å². The minimum atomic E-state index is -0.133. The van der Waals surface area contributed by atoms with Gasteiger partial charge in [0.25, 0.3) is 0 Å². The lowest BCUT2D eigenvalue weighted by Gasteiger charge is -2.19. The van der Waals surface area contributed by atoms with E-state index in [0.717, 1.165) is 25.9 Å². The molecule has 0 aromatic rings. The summed E-state index contributed by atoms with van der Waals surface area (Å²) in [6.07, 6.45) is 8.00. The van der Waals surface area contributed by atoms with Gasteiger partial charge in [-0.05, 0) is 33.6 Å². The first kappa shape index (κ1) is 16.9. The maximum Gasteiger partial charge on any atom is 0.0556 e. The van der Waals surface area contributed by atoms with Gasteiger partial charge in [-0.25, -0.2) is 0 Å². The van der Waals surface area contributed by atoms with Crippen molar-refractivity contribution in [3.05, 3.63) is 0 Å². The average Bonchev–Trinajstić information content (AvgIpc) is 2.16. The van der Waals surface area contributed by atoms with Crippen LogP contribution >= 0.6 is 0 Å². The molecule has 0 aliphatic heterocycles. The van der Waals surface area contributed by atoms with E-state index < -0.39 is 0 Å². The van der Waals surface area contributed by atoms with E-state index in [1.54, 1.807) is 0 Å². The van der Waals surface area contributed by atoms with Crippen molar-refractivity contribution in [2.24, 2.45) is 5.73 Å². The summed E-state index contributed by atoms with van der Waals surface area (Å²) in [5.74, 6) is 2.60. The van der Waals surface area contributed by atoms with Gasteiger partial charge in [-0.15, -0.1) is 12.3 Å². The third-order valence-corrected chi connectivity index (χ3v) is 1.84. The zero-order valence-corrected chi connectivity index (χ0v) is 11.0. The van der Waals surface area contributed by atoms with Crippen molar-refractivity contribution in [1.29, 1.82) is 0 Å². The monoisotopic (exact) mass is 213 g/mol. The van der Waals surface area contributed by atoms with Crippen LogP contribution in [0.25, 0.3) is 0 Å². The van der Waals surface area contributed by atoms with Crippen LogP contribution in [0.15, 0.2) is 0 Å². The fraction of sp³-hybridized carbons (Fsp3) is 0.846. The normalized spacial score (nSPS) is 12.3. The van der Waals surface area contributed by atoms with Crippen molar-refractivity contribution < 1.29 is 4.74 Å². The van der Waals surface area contributed by atoms with Gasteiger partial charge in [0, 0.05) is 18.6 Å². The Kier molecular flexibility index (Phi) is 11.3. The van der Waals surface area contributed by atoms with E-state index in [0.29, 0.717) is 0 Å². The zero-order valence-electron chi connectivity index (χ0n) is 11.0. The molecule has 0 saturated carbocycles. The average molecular weight is 213 g/mol. The minimum Gasteiger partial charge on any atom is -0.378 e. The number of terminal acetylenes is 1. The highest BCUT2D eigenvalue weighted by molar-refractivity contribution is 4.83. The lowest BCUT2D eigenvalue weighted by molar-refractivity contribution is 0.0517. The molecule has 0 aromatic heterocycles. The van der Waals surface area contributed by atoms with Gasteiger partial charge in [-0.3, -0.25) is 0 Å². The predicted octanol–water partition coefficient (Wildman–Crippen LogP) is 2.96. The van der Waals surface area contributed by atoms with E-state index in [1.165, 1.54) is 0 Å². The first-order valence-electron chi connectivity index (χ1n) is 5.79. The van der Waals surface area contributed by atoms with Crippen LogP contribution in [-0.2, 0) is 4.74 Å². The Morgan fingerprint density at radius 3 is 2.33 bits per heavy atom. The molecule has 0 aliphatic rings. The molecule has 0 spiro atoms. The lowest BCUT2D eigenvalue weighted by Crippen LogP contribution is -2.33. The van der Waals surface area contributed by atoms with Gasteiger partial charge < -0.3 is 10.5 Å². The maximum absolute atomic E-state index is 5.81. The standard InChI is InChI=1S/C11H21NO.C2H6/c1-5-6-7-10(2)13-9-8-11(3,4)12;1-2/h1,10H,6-9,12H2,2-4H3;1-2H3. The summed E-state index contributed by atoms with van der Waals surface area (Å²) < 4.78 is 5.54. The third kappa shape index (κ3) is 16.2. The molecule has 1 atom stereocenters. The summed E-state index contributed by atoms with van der Waals surface area (Å²) in [6.45, 7) is 10.8. The van der Waals surface area contributed by atoms with E-state index in [1.807, 2.05) is 34.6 Å². The summed E-state index contributed by atoms with van der Waals surface area (Å²) in [5, 5.41) is 0. The molecular weight excluding hydrogens is 186 g/mol. The van der Waals surface area contributed by atoms with Gasteiger partial charge in [0.2, 0.25) is 0 Å². The number of ether oxygens (including phenoxy) is 1. The minimum absolute atomic E-state index is 0.133. The molecule has 15 heavy (non-hydrogen) atoms. The molecule has 2 N–H and O–H groups in total. The van der Waals surface area contributed by atoms with Crippen LogP contribution < -0.4 is 5.73 Å². The van der Waals surface area contributed by atoms with Crippen LogP contribution in [0.2, 0.25) is 0 Å². The molecule has 2 heteroatoms. The van der Waals surface area contributed by atoms with E-state index >= 15 is 0 Å². The predicted molar refractivity (Wildman–Crippen MR) is 67.7 cm³/mol. The van der Waals surface area contributed by atoms with Gasteiger partial charge in [-0.1, -0.05) is 13.8 Å². The zero-order chi connectivity index (χ0) is 12.3. The van der Waals surface area contributed by atoms with Crippen LogP contribution in [0.3, 0.4) is 0 Å². The van der Waals surface area contributed by atoms with Crippen LogP contribution in [-0.4, -0.2) is 18.2 Å². The van der Waals surface area contributed by atoms with Crippen molar-refractivity contribution in [2.75, 3.05) is 6.61 Å². The third-order valence-electron chi connectivity index (χ3n) is 1.84. The Morgan fingerprint density at radius 1 is 1.40 bits per heavy atom. The Hall–Kier alpha value is -0.520. The number of nitrogens with two attached hydrogens (primary N) is 1. The van der Waals surface area contributed by atoms with E-state index in [-0.39, 0.29) is 11.6 Å². The summed E-state index contributed by atoms with van der Waals surface area (Å²) in [6, 6.07) is 0. The SMILES string of the molecule is C#CCCC(C)OCCC(C)(C)N.CC. The van der Waals surface area contributed by atoms with Crippen LogP contribution in [0.4, 0.5) is 0 Å². The van der Waals surface area contributed by atoms with E-state index in [2.05, 4.69) is 5.92 Å². The Balaban J connectivity index is 0. The maximum atomic E-state index is 5.81. The van der Waals surface area contributed by atoms with Gasteiger partial charge in [0.1, 0.15) is 0 Å². The highest BCUT2D eigenvalue weighted by atomic mass is 16.5. The molecule has 2 nitrogen and oxygen atoms in total. The first-order chi connectivity index (χ1) is 6.95. The molecule has 90 valence electrons. The first-order valence-corrected chi connectivity index (χ1v) is 5.79. The quantitative estimate of drug-likeness (QED) is 0.688. The molecule has 1 unspecified atom stereocenters. The summed E-state index contributed by atoms with van der Waals surface area (Å²) >= 11 is 0. The molecule has 0 radical (unpaired) electrons.